The Morgan fingerprint density at radius 1 is 1.27 bits per heavy atom. The zero-order valence-electron chi connectivity index (χ0n) is 15.1. The topological polar surface area (TPSA) is 73.0 Å². The summed E-state index contributed by atoms with van der Waals surface area (Å²) in [5.41, 5.74) is 0.634. The highest BCUT2D eigenvalue weighted by Crippen LogP contribution is 2.31. The first-order chi connectivity index (χ1) is 12.5. The van der Waals surface area contributed by atoms with Gasteiger partial charge < -0.3 is 14.0 Å². The van der Waals surface area contributed by atoms with Crippen LogP contribution in [0.3, 0.4) is 0 Å². The van der Waals surface area contributed by atoms with Gasteiger partial charge in [-0.1, -0.05) is 0 Å². The molecule has 0 saturated carbocycles. The maximum atomic E-state index is 13.2. The van der Waals surface area contributed by atoms with E-state index < -0.39 is 0 Å². The summed E-state index contributed by atoms with van der Waals surface area (Å²) in [5, 5.41) is 0.556. The van der Waals surface area contributed by atoms with E-state index in [2.05, 4.69) is 9.97 Å². The van der Waals surface area contributed by atoms with E-state index in [0.717, 1.165) is 30.8 Å². The molecule has 3 aromatic rings. The van der Waals surface area contributed by atoms with E-state index in [4.69, 9.17) is 0 Å². The fourth-order valence-electron chi connectivity index (χ4n) is 3.70. The van der Waals surface area contributed by atoms with E-state index in [0.29, 0.717) is 21.6 Å². The van der Waals surface area contributed by atoms with Crippen LogP contribution >= 0.6 is 11.3 Å². The molecule has 0 radical (unpaired) electrons. The molecule has 1 aliphatic rings. The Morgan fingerprint density at radius 3 is 2.81 bits per heavy atom. The van der Waals surface area contributed by atoms with Gasteiger partial charge in [-0.15, -0.1) is 11.3 Å². The summed E-state index contributed by atoms with van der Waals surface area (Å²) in [5.74, 6) is 1.26. The van der Waals surface area contributed by atoms with Crippen LogP contribution in [0.5, 0.6) is 0 Å². The van der Waals surface area contributed by atoms with Crippen LogP contribution in [0, 0.1) is 6.92 Å². The number of aryl methyl sites for hydroxylation is 3. The van der Waals surface area contributed by atoms with Crippen molar-refractivity contribution < 1.29 is 4.79 Å². The van der Waals surface area contributed by atoms with Crippen LogP contribution in [0.1, 0.15) is 39.8 Å². The van der Waals surface area contributed by atoms with E-state index >= 15 is 0 Å². The molecule has 26 heavy (non-hydrogen) atoms. The third-order valence-electron chi connectivity index (χ3n) is 5.14. The fraction of sp³-hybridized carbons (Fsp3) is 0.444. The van der Waals surface area contributed by atoms with E-state index in [1.807, 2.05) is 29.6 Å². The van der Waals surface area contributed by atoms with Gasteiger partial charge in [0.25, 0.3) is 11.5 Å². The molecule has 0 spiro atoms. The lowest BCUT2D eigenvalue weighted by Gasteiger charge is -2.32. The second-order valence-electron chi connectivity index (χ2n) is 6.88. The molecule has 1 saturated heterocycles. The molecule has 0 bridgehead atoms. The Kier molecular flexibility index (Phi) is 4.14. The highest BCUT2D eigenvalue weighted by Gasteiger charge is 2.30. The van der Waals surface area contributed by atoms with Crippen molar-refractivity contribution in [2.24, 2.45) is 14.1 Å². The molecule has 0 unspecified atom stereocenters. The number of carbonyl (C=O) groups excluding carboxylic acids is 1. The molecule has 1 fully saturated rings. The van der Waals surface area contributed by atoms with Crippen LogP contribution in [-0.4, -0.2) is 43.0 Å². The highest BCUT2D eigenvalue weighted by molar-refractivity contribution is 7.20. The third-order valence-corrected chi connectivity index (χ3v) is 6.32. The van der Waals surface area contributed by atoms with Crippen LogP contribution in [0.2, 0.25) is 0 Å². The molecule has 0 aliphatic carbocycles. The second kappa shape index (κ2) is 6.35. The van der Waals surface area contributed by atoms with Crippen LogP contribution in [-0.2, 0) is 14.1 Å². The van der Waals surface area contributed by atoms with Crippen molar-refractivity contribution in [3.63, 3.8) is 0 Å². The molecule has 4 rings (SSSR count). The average molecular weight is 371 g/mol. The minimum atomic E-state index is -0.104. The van der Waals surface area contributed by atoms with E-state index in [1.165, 1.54) is 22.2 Å². The number of rotatable bonds is 2. The predicted molar refractivity (Wildman–Crippen MR) is 101 cm³/mol. The van der Waals surface area contributed by atoms with Gasteiger partial charge in [-0.25, -0.2) is 9.97 Å². The lowest BCUT2D eigenvalue weighted by molar-refractivity contribution is 0.0708. The number of amides is 1. The molecule has 1 aliphatic heterocycles. The molecular weight excluding hydrogens is 350 g/mol. The Morgan fingerprint density at radius 2 is 2.08 bits per heavy atom. The van der Waals surface area contributed by atoms with Crippen molar-refractivity contribution in [1.82, 2.24) is 24.0 Å². The zero-order valence-corrected chi connectivity index (χ0v) is 15.9. The first kappa shape index (κ1) is 17.0. The highest BCUT2D eigenvalue weighted by atomic mass is 32.1. The largest absolute Gasteiger partial charge is 0.338 e. The van der Waals surface area contributed by atoms with Gasteiger partial charge >= 0.3 is 0 Å². The second-order valence-corrected chi connectivity index (χ2v) is 7.88. The maximum absolute atomic E-state index is 13.2. The average Bonchev–Trinajstić information content (AvgIpc) is 3.21. The molecule has 0 aromatic carbocycles. The number of carbonyl (C=O) groups is 1. The van der Waals surface area contributed by atoms with Crippen molar-refractivity contribution in [3.8, 4) is 0 Å². The molecule has 7 nitrogen and oxygen atoms in total. The van der Waals surface area contributed by atoms with Gasteiger partial charge in [0.2, 0.25) is 0 Å². The summed E-state index contributed by atoms with van der Waals surface area (Å²) in [4.78, 5) is 37.5. The summed E-state index contributed by atoms with van der Waals surface area (Å²) in [6.45, 7) is 3.23. The van der Waals surface area contributed by atoms with Gasteiger partial charge in [-0.3, -0.25) is 9.59 Å². The standard InChI is InChI=1S/C18H21N5O2S/c1-11-13-16(20-10-22(3)17(13)24)26-14(11)18(25)23-7-4-5-12(9-23)15-19-6-8-21(15)2/h6,8,10,12H,4-5,7,9H2,1-3H3/t12-/m0/s1. The monoisotopic (exact) mass is 371 g/mol. The van der Waals surface area contributed by atoms with Gasteiger partial charge in [-0.05, 0) is 25.3 Å². The zero-order chi connectivity index (χ0) is 18.4. The maximum Gasteiger partial charge on any atom is 0.264 e. The van der Waals surface area contributed by atoms with E-state index in [1.54, 1.807) is 13.2 Å². The Balaban J connectivity index is 1.66. The summed E-state index contributed by atoms with van der Waals surface area (Å²) in [6, 6.07) is 0. The molecule has 0 N–H and O–H groups in total. The lowest BCUT2D eigenvalue weighted by atomic mass is 9.97. The summed E-state index contributed by atoms with van der Waals surface area (Å²) >= 11 is 1.31. The Bertz CT molecular complexity index is 1050. The fourth-order valence-corrected chi connectivity index (χ4v) is 4.81. The quantitative estimate of drug-likeness (QED) is 0.691. The third kappa shape index (κ3) is 2.65. The van der Waals surface area contributed by atoms with Crippen molar-refractivity contribution in [1.29, 1.82) is 0 Å². The predicted octanol–water partition coefficient (Wildman–Crippen LogP) is 2.06. The van der Waals surface area contributed by atoms with Gasteiger partial charge in [0, 0.05) is 45.5 Å². The molecule has 3 aromatic heterocycles. The number of aromatic nitrogens is 4. The summed E-state index contributed by atoms with van der Waals surface area (Å²) in [7, 11) is 3.66. The van der Waals surface area contributed by atoms with Gasteiger partial charge in [0.1, 0.15) is 10.7 Å². The smallest absolute Gasteiger partial charge is 0.264 e. The first-order valence-electron chi connectivity index (χ1n) is 8.68. The SMILES string of the molecule is Cc1c(C(=O)N2CCC[C@H](c3nccn3C)C2)sc2ncn(C)c(=O)c12. The molecule has 1 amide bonds. The van der Waals surface area contributed by atoms with Gasteiger partial charge in [-0.2, -0.15) is 0 Å². The number of imidazole rings is 1. The molecule has 4 heterocycles. The first-order valence-corrected chi connectivity index (χ1v) is 9.50. The number of thiophene rings is 1. The van der Waals surface area contributed by atoms with Crippen molar-refractivity contribution in [3.05, 3.63) is 45.3 Å². The Hall–Kier alpha value is -2.48. The van der Waals surface area contributed by atoms with Crippen LogP contribution in [0.4, 0.5) is 0 Å². The Labute approximate surface area is 154 Å². The summed E-state index contributed by atoms with van der Waals surface area (Å²) in [6.07, 6.45) is 7.23. The van der Waals surface area contributed by atoms with Crippen LogP contribution < -0.4 is 5.56 Å². The van der Waals surface area contributed by atoms with E-state index in [9.17, 15) is 9.59 Å². The van der Waals surface area contributed by atoms with Gasteiger partial charge in [0.05, 0.1) is 16.6 Å². The molecule has 1 atom stereocenters. The lowest BCUT2D eigenvalue weighted by Crippen LogP contribution is -2.39. The van der Waals surface area contributed by atoms with Gasteiger partial charge in [0.15, 0.2) is 0 Å². The number of fused-ring (bicyclic) bond motifs is 1. The normalized spacial score (nSPS) is 17.8. The number of nitrogens with zero attached hydrogens (tertiary/aromatic N) is 5. The number of piperidine rings is 1. The molecule has 136 valence electrons. The molecule has 8 heteroatoms. The van der Waals surface area contributed by atoms with E-state index in [-0.39, 0.29) is 17.4 Å². The van der Waals surface area contributed by atoms with Crippen molar-refractivity contribution in [2.45, 2.75) is 25.7 Å². The van der Waals surface area contributed by atoms with Crippen molar-refractivity contribution >= 4 is 27.5 Å². The van der Waals surface area contributed by atoms with Crippen LogP contribution in [0.15, 0.2) is 23.5 Å². The number of likely N-dealkylation sites (tertiary alicyclic amines) is 1. The summed E-state index contributed by atoms with van der Waals surface area (Å²) < 4.78 is 3.48. The minimum Gasteiger partial charge on any atom is -0.338 e. The minimum absolute atomic E-state index is 0.00791. The van der Waals surface area contributed by atoms with Crippen LogP contribution in [0.25, 0.3) is 10.2 Å². The number of hydrogen-bond donors (Lipinski definition) is 0. The van der Waals surface area contributed by atoms with Crippen molar-refractivity contribution in [2.75, 3.05) is 13.1 Å². The number of hydrogen-bond acceptors (Lipinski definition) is 5. The molecular formula is C18H21N5O2S.